The molecule has 5 rings (SSSR count). The molecule has 1 fully saturated rings. The first-order chi connectivity index (χ1) is 16.2. The van der Waals surface area contributed by atoms with Crippen LogP contribution in [-0.2, 0) is 33.2 Å². The number of likely N-dealkylation sites (tertiary alicyclic amines) is 1. The number of rotatable bonds is 5. The monoisotopic (exact) mass is 537 g/mol. The molecule has 7 nitrogen and oxygen atoms in total. The van der Waals surface area contributed by atoms with Crippen LogP contribution >= 0.6 is 24.0 Å². The van der Waals surface area contributed by atoms with Crippen LogP contribution in [0.25, 0.3) is 10.8 Å². The van der Waals surface area contributed by atoms with Gasteiger partial charge in [-0.1, -0.05) is 23.7 Å². The van der Waals surface area contributed by atoms with Crippen molar-refractivity contribution in [3.8, 4) is 0 Å². The molecule has 3 aromatic rings. The minimum atomic E-state index is -3.61. The summed E-state index contributed by atoms with van der Waals surface area (Å²) in [5, 5.41) is 13.5. The number of aryl methyl sites for hydroxylation is 1. The van der Waals surface area contributed by atoms with Gasteiger partial charge in [-0.3, -0.25) is 4.79 Å². The number of amides is 1. The Bertz CT molecular complexity index is 1350. The van der Waals surface area contributed by atoms with E-state index in [4.69, 9.17) is 11.6 Å². The molecule has 2 aliphatic rings. The number of hydrogen-bond acceptors (Lipinski definition) is 5. The Labute approximate surface area is 216 Å². The summed E-state index contributed by atoms with van der Waals surface area (Å²) in [6, 6.07) is 10.2. The maximum Gasteiger partial charge on any atom is 0.223 e. The fourth-order valence-electron chi connectivity index (χ4n) is 5.04. The van der Waals surface area contributed by atoms with Gasteiger partial charge in [-0.15, -0.1) is 12.4 Å². The highest BCUT2D eigenvalue weighted by Gasteiger charge is 2.39. The summed E-state index contributed by atoms with van der Waals surface area (Å²) in [6.07, 6.45) is 5.77. The van der Waals surface area contributed by atoms with E-state index in [9.17, 15) is 18.3 Å². The van der Waals surface area contributed by atoms with Crippen molar-refractivity contribution in [1.29, 1.82) is 0 Å². The summed E-state index contributed by atoms with van der Waals surface area (Å²) in [5.74, 6) is 0.247. The van der Waals surface area contributed by atoms with Crippen LogP contribution < -0.4 is 0 Å². The van der Waals surface area contributed by atoms with Gasteiger partial charge >= 0.3 is 0 Å². The van der Waals surface area contributed by atoms with Crippen LogP contribution in [0.4, 0.5) is 0 Å². The van der Waals surface area contributed by atoms with Crippen LogP contribution in [0.15, 0.2) is 47.5 Å². The SMILES string of the molecule is Cl.O=C(CCS(=O)(=O)c1ccc2cc(Cl)ccc2c1)N1CCC(O)(c2ncc3n2CCCC3)CC1. The first-order valence-corrected chi connectivity index (χ1v) is 13.8. The number of piperidine rings is 1. The second-order valence-electron chi connectivity index (χ2n) is 9.32. The first kappa shape index (κ1) is 25.9. The van der Waals surface area contributed by atoms with Gasteiger partial charge in [-0.2, -0.15) is 0 Å². The first-order valence-electron chi connectivity index (χ1n) is 11.7. The van der Waals surface area contributed by atoms with Crippen LogP contribution in [0.1, 0.15) is 43.6 Å². The summed E-state index contributed by atoms with van der Waals surface area (Å²) in [7, 11) is -3.61. The van der Waals surface area contributed by atoms with E-state index in [1.807, 2.05) is 6.20 Å². The number of nitrogens with zero attached hydrogens (tertiary/aromatic N) is 3. The summed E-state index contributed by atoms with van der Waals surface area (Å²) in [4.78, 5) is 19.2. The summed E-state index contributed by atoms with van der Waals surface area (Å²) in [5.41, 5.74) is 0.113. The Morgan fingerprint density at radius 1 is 1.06 bits per heavy atom. The lowest BCUT2D eigenvalue weighted by atomic mass is 9.90. The number of fused-ring (bicyclic) bond motifs is 2. The highest BCUT2D eigenvalue weighted by Crippen LogP contribution is 2.34. The standard InChI is InChI=1S/C25H28ClN3O4S.ClH/c26-20-6-4-19-16-22(7-5-18(19)15-20)34(32,33)14-8-23(30)28-12-9-25(31,10-13-28)24-27-17-21-3-1-2-11-29(21)24;/h4-7,15-17,31H,1-3,8-14H2;1H. The highest BCUT2D eigenvalue weighted by atomic mass is 35.5. The van der Waals surface area contributed by atoms with Gasteiger partial charge < -0.3 is 14.6 Å². The van der Waals surface area contributed by atoms with Gasteiger partial charge in [0, 0.05) is 55.8 Å². The van der Waals surface area contributed by atoms with E-state index in [2.05, 4.69) is 9.55 Å². The van der Waals surface area contributed by atoms with Crippen LogP contribution in [0.2, 0.25) is 5.02 Å². The molecule has 188 valence electrons. The average Bonchev–Trinajstić information content (AvgIpc) is 3.28. The molecule has 1 amide bonds. The number of aromatic nitrogens is 2. The van der Waals surface area contributed by atoms with Crippen molar-refractivity contribution in [2.75, 3.05) is 18.8 Å². The van der Waals surface area contributed by atoms with Crippen LogP contribution in [0.5, 0.6) is 0 Å². The van der Waals surface area contributed by atoms with Gasteiger partial charge in [0.2, 0.25) is 5.91 Å². The Balaban J connectivity index is 0.00000289. The molecule has 2 aromatic carbocycles. The highest BCUT2D eigenvalue weighted by molar-refractivity contribution is 7.91. The fourth-order valence-corrected chi connectivity index (χ4v) is 6.48. The molecule has 0 aliphatic carbocycles. The lowest BCUT2D eigenvalue weighted by Crippen LogP contribution is -2.46. The molecule has 0 atom stereocenters. The lowest BCUT2D eigenvalue weighted by Gasteiger charge is -2.38. The van der Waals surface area contributed by atoms with E-state index in [-0.39, 0.29) is 35.4 Å². The zero-order valence-corrected chi connectivity index (χ0v) is 21.7. The molecule has 0 unspecified atom stereocenters. The van der Waals surface area contributed by atoms with Crippen molar-refractivity contribution in [2.24, 2.45) is 0 Å². The minimum absolute atomic E-state index is 0. The van der Waals surface area contributed by atoms with Gasteiger partial charge in [-0.05, 0) is 54.3 Å². The van der Waals surface area contributed by atoms with E-state index in [0.717, 1.165) is 42.3 Å². The molecule has 0 radical (unpaired) electrons. The molecule has 10 heteroatoms. The Hall–Kier alpha value is -2.13. The fraction of sp³-hybridized carbons (Fsp3) is 0.440. The molecule has 0 spiro atoms. The second-order valence-corrected chi connectivity index (χ2v) is 11.9. The topological polar surface area (TPSA) is 92.5 Å². The second kappa shape index (κ2) is 10.1. The van der Waals surface area contributed by atoms with Gasteiger partial charge in [0.15, 0.2) is 9.84 Å². The Morgan fingerprint density at radius 2 is 1.77 bits per heavy atom. The Kier molecular flexibility index (Phi) is 7.48. The van der Waals surface area contributed by atoms with Crippen molar-refractivity contribution in [2.45, 2.75) is 55.6 Å². The number of carbonyl (C=O) groups is 1. The molecule has 2 aliphatic heterocycles. The third-order valence-electron chi connectivity index (χ3n) is 7.08. The molecule has 35 heavy (non-hydrogen) atoms. The summed E-state index contributed by atoms with van der Waals surface area (Å²) in [6.45, 7) is 1.64. The quantitative estimate of drug-likeness (QED) is 0.528. The Morgan fingerprint density at radius 3 is 2.54 bits per heavy atom. The summed E-state index contributed by atoms with van der Waals surface area (Å²) >= 11 is 6.00. The van der Waals surface area contributed by atoms with Crippen molar-refractivity contribution in [1.82, 2.24) is 14.5 Å². The van der Waals surface area contributed by atoms with E-state index in [1.165, 1.54) is 0 Å². The number of benzene rings is 2. The normalized spacial score (nSPS) is 17.6. The van der Waals surface area contributed by atoms with Crippen molar-refractivity contribution >= 4 is 50.5 Å². The molecule has 1 aromatic heterocycles. The predicted molar refractivity (Wildman–Crippen MR) is 138 cm³/mol. The van der Waals surface area contributed by atoms with Gasteiger partial charge in [-0.25, -0.2) is 13.4 Å². The van der Waals surface area contributed by atoms with Crippen molar-refractivity contribution in [3.63, 3.8) is 0 Å². The number of sulfone groups is 1. The molecular formula is C25H29Cl2N3O4S. The third kappa shape index (κ3) is 5.21. The van der Waals surface area contributed by atoms with Crippen molar-refractivity contribution in [3.05, 3.63) is 59.1 Å². The number of hydrogen-bond donors (Lipinski definition) is 1. The smallest absolute Gasteiger partial charge is 0.223 e. The van der Waals surface area contributed by atoms with E-state index < -0.39 is 15.4 Å². The maximum atomic E-state index is 12.9. The minimum Gasteiger partial charge on any atom is -0.382 e. The third-order valence-corrected chi connectivity index (χ3v) is 9.03. The van der Waals surface area contributed by atoms with E-state index in [1.54, 1.807) is 41.3 Å². The average molecular weight is 538 g/mol. The lowest BCUT2D eigenvalue weighted by molar-refractivity contribution is -0.135. The number of imidazole rings is 1. The molecule has 1 N–H and O–H groups in total. The zero-order chi connectivity index (χ0) is 23.9. The predicted octanol–water partition coefficient (Wildman–Crippen LogP) is 4.12. The maximum absolute atomic E-state index is 12.9. The van der Waals surface area contributed by atoms with Gasteiger partial charge in [0.05, 0.1) is 10.6 Å². The number of carbonyl (C=O) groups excluding carboxylic acids is 1. The number of aliphatic hydroxyl groups is 1. The van der Waals surface area contributed by atoms with E-state index in [0.29, 0.717) is 36.8 Å². The largest absolute Gasteiger partial charge is 0.382 e. The molecule has 0 bridgehead atoms. The van der Waals surface area contributed by atoms with E-state index >= 15 is 0 Å². The van der Waals surface area contributed by atoms with Crippen LogP contribution in [0, 0.1) is 0 Å². The summed E-state index contributed by atoms with van der Waals surface area (Å²) < 4.78 is 27.9. The molecule has 3 heterocycles. The van der Waals surface area contributed by atoms with Gasteiger partial charge in [0.25, 0.3) is 0 Å². The number of halogens is 2. The van der Waals surface area contributed by atoms with Crippen molar-refractivity contribution < 1.29 is 18.3 Å². The van der Waals surface area contributed by atoms with Crippen LogP contribution in [-0.4, -0.2) is 52.7 Å². The zero-order valence-electron chi connectivity index (χ0n) is 19.3. The molecular weight excluding hydrogens is 509 g/mol. The molecule has 0 saturated carbocycles. The van der Waals surface area contributed by atoms with Gasteiger partial charge in [0.1, 0.15) is 11.4 Å². The van der Waals surface area contributed by atoms with Crippen LogP contribution in [0.3, 0.4) is 0 Å². The molecule has 1 saturated heterocycles.